The van der Waals surface area contributed by atoms with Crippen molar-refractivity contribution in [1.29, 1.82) is 0 Å². The lowest BCUT2D eigenvalue weighted by atomic mass is 10.1. The highest BCUT2D eigenvalue weighted by molar-refractivity contribution is 7.89. The molecule has 0 fully saturated rings. The van der Waals surface area contributed by atoms with Crippen LogP contribution in [0.15, 0.2) is 53.4 Å². The van der Waals surface area contributed by atoms with Crippen LogP contribution >= 0.6 is 0 Å². The fraction of sp³-hybridized carbons (Fsp3) is 0.316. The zero-order valence-corrected chi connectivity index (χ0v) is 15.5. The molecule has 138 valence electrons. The molecular formula is C19H22N2O4S. The summed E-state index contributed by atoms with van der Waals surface area (Å²) >= 11 is 0. The fourth-order valence-corrected chi connectivity index (χ4v) is 4.01. The van der Waals surface area contributed by atoms with Gasteiger partial charge in [-0.05, 0) is 36.6 Å². The molecule has 0 unspecified atom stereocenters. The first-order chi connectivity index (χ1) is 12.5. The molecular weight excluding hydrogens is 352 g/mol. The molecule has 0 aromatic heterocycles. The second-order valence-electron chi connectivity index (χ2n) is 6.14. The number of aryl methyl sites for hydroxylation is 1. The molecule has 0 bridgehead atoms. The molecule has 0 saturated carbocycles. The van der Waals surface area contributed by atoms with E-state index in [-0.39, 0.29) is 10.8 Å². The molecule has 6 nitrogen and oxygen atoms in total. The number of nitrogens with one attached hydrogen (secondary N) is 1. The summed E-state index contributed by atoms with van der Waals surface area (Å²) in [4.78, 5) is 13.4. The van der Waals surface area contributed by atoms with Gasteiger partial charge in [0.1, 0.15) is 12.4 Å². The highest BCUT2D eigenvalue weighted by Crippen LogP contribution is 2.33. The highest BCUT2D eigenvalue weighted by atomic mass is 32.2. The van der Waals surface area contributed by atoms with E-state index >= 15 is 0 Å². The first-order valence-electron chi connectivity index (χ1n) is 8.56. The molecule has 3 rings (SSSR count). The summed E-state index contributed by atoms with van der Waals surface area (Å²) in [5.74, 6) is 0.384. The number of ether oxygens (including phenoxy) is 1. The Balaban J connectivity index is 1.67. The van der Waals surface area contributed by atoms with Crippen molar-refractivity contribution in [2.75, 3.05) is 24.6 Å². The van der Waals surface area contributed by atoms with Gasteiger partial charge >= 0.3 is 0 Å². The first kappa shape index (κ1) is 18.4. The van der Waals surface area contributed by atoms with Crippen molar-refractivity contribution in [3.63, 3.8) is 0 Å². The van der Waals surface area contributed by atoms with Gasteiger partial charge in [0, 0.05) is 13.5 Å². The normalized spacial score (nSPS) is 13.8. The smallest absolute Gasteiger partial charge is 0.240 e. The summed E-state index contributed by atoms with van der Waals surface area (Å²) in [5, 5.41) is 0. The van der Waals surface area contributed by atoms with Crippen molar-refractivity contribution in [1.82, 2.24) is 4.72 Å². The van der Waals surface area contributed by atoms with Crippen LogP contribution in [-0.2, 0) is 21.2 Å². The van der Waals surface area contributed by atoms with Crippen LogP contribution in [0.4, 0.5) is 5.69 Å². The number of amides is 1. The zero-order valence-electron chi connectivity index (χ0n) is 14.6. The van der Waals surface area contributed by atoms with Gasteiger partial charge in [-0.1, -0.05) is 30.3 Å². The Labute approximate surface area is 153 Å². The van der Waals surface area contributed by atoms with Crippen molar-refractivity contribution in [3.8, 4) is 5.75 Å². The van der Waals surface area contributed by atoms with E-state index in [0.717, 1.165) is 6.42 Å². The molecule has 0 atom stereocenters. The largest absolute Gasteiger partial charge is 0.490 e. The Hall–Kier alpha value is -2.38. The second-order valence-corrected chi connectivity index (χ2v) is 7.90. The van der Waals surface area contributed by atoms with E-state index in [2.05, 4.69) is 4.72 Å². The van der Waals surface area contributed by atoms with Crippen molar-refractivity contribution in [2.45, 2.75) is 24.7 Å². The number of hydrogen-bond donors (Lipinski definition) is 1. The van der Waals surface area contributed by atoms with Crippen LogP contribution in [0, 0.1) is 0 Å². The second kappa shape index (κ2) is 7.88. The molecule has 7 heteroatoms. The third kappa shape index (κ3) is 4.23. The molecule has 0 aliphatic carbocycles. The topological polar surface area (TPSA) is 75.7 Å². The maximum absolute atomic E-state index is 12.6. The third-order valence-corrected chi connectivity index (χ3v) is 5.72. The van der Waals surface area contributed by atoms with Crippen LogP contribution in [0.5, 0.6) is 5.75 Å². The molecule has 1 heterocycles. The lowest BCUT2D eigenvalue weighted by Crippen LogP contribution is -2.36. The molecule has 1 amide bonds. The number of rotatable bonds is 6. The van der Waals surface area contributed by atoms with Gasteiger partial charge in [0.15, 0.2) is 0 Å². The summed E-state index contributed by atoms with van der Waals surface area (Å²) in [5.41, 5.74) is 1.67. The summed E-state index contributed by atoms with van der Waals surface area (Å²) in [6, 6.07) is 14.5. The number of nitrogens with zero attached hydrogens (tertiary/aromatic N) is 1. The Morgan fingerprint density at radius 2 is 1.96 bits per heavy atom. The lowest BCUT2D eigenvalue weighted by molar-refractivity contribution is -0.116. The minimum absolute atomic E-state index is 0.132. The number of hydrogen-bond acceptors (Lipinski definition) is 4. The predicted molar refractivity (Wildman–Crippen MR) is 99.9 cm³/mol. The number of anilines is 1. The van der Waals surface area contributed by atoms with Gasteiger partial charge in [-0.15, -0.1) is 0 Å². The van der Waals surface area contributed by atoms with Gasteiger partial charge in [-0.3, -0.25) is 4.79 Å². The minimum Gasteiger partial charge on any atom is -0.490 e. The number of benzene rings is 2. The number of carbonyl (C=O) groups is 1. The van der Waals surface area contributed by atoms with Gasteiger partial charge in [0.05, 0.1) is 17.1 Å². The summed E-state index contributed by atoms with van der Waals surface area (Å²) in [6.07, 6.45) is 1.51. The predicted octanol–water partition coefficient (Wildman–Crippen LogP) is 2.34. The quantitative estimate of drug-likeness (QED) is 0.788. The maximum atomic E-state index is 12.6. The molecule has 0 radical (unpaired) electrons. The van der Waals surface area contributed by atoms with Gasteiger partial charge < -0.3 is 9.64 Å². The molecule has 2 aromatic rings. The van der Waals surface area contributed by atoms with E-state index in [4.69, 9.17) is 4.74 Å². The average Bonchev–Trinajstić information content (AvgIpc) is 2.65. The van der Waals surface area contributed by atoms with Crippen LogP contribution in [0.2, 0.25) is 0 Å². The van der Waals surface area contributed by atoms with E-state index in [1.807, 2.05) is 30.3 Å². The Morgan fingerprint density at radius 1 is 1.19 bits per heavy atom. The maximum Gasteiger partial charge on any atom is 0.240 e. The third-order valence-electron chi connectivity index (χ3n) is 4.26. The minimum atomic E-state index is -3.64. The van der Waals surface area contributed by atoms with E-state index in [1.54, 1.807) is 6.07 Å². The molecule has 0 spiro atoms. The molecule has 1 aliphatic heterocycles. The first-order valence-corrected chi connectivity index (χ1v) is 10.0. The van der Waals surface area contributed by atoms with E-state index in [1.165, 1.54) is 29.5 Å². The number of sulfonamides is 1. The van der Waals surface area contributed by atoms with Gasteiger partial charge in [-0.25, -0.2) is 13.1 Å². The fourth-order valence-electron chi connectivity index (χ4n) is 2.92. The Kier molecular flexibility index (Phi) is 5.58. The number of fused-ring (bicyclic) bond motifs is 1. The van der Waals surface area contributed by atoms with Crippen molar-refractivity contribution in [3.05, 3.63) is 54.1 Å². The SMILES string of the molecule is CC(=O)N1CCOc2ccc(S(=O)(=O)NCCCc3ccccc3)cc21. The van der Waals surface area contributed by atoms with Gasteiger partial charge in [0.2, 0.25) is 15.9 Å². The van der Waals surface area contributed by atoms with Crippen molar-refractivity contribution >= 4 is 21.6 Å². The molecule has 1 N–H and O–H groups in total. The highest BCUT2D eigenvalue weighted by Gasteiger charge is 2.24. The monoisotopic (exact) mass is 374 g/mol. The van der Waals surface area contributed by atoms with Crippen LogP contribution in [0.1, 0.15) is 18.9 Å². The van der Waals surface area contributed by atoms with E-state index in [9.17, 15) is 13.2 Å². The lowest BCUT2D eigenvalue weighted by Gasteiger charge is -2.29. The summed E-state index contributed by atoms with van der Waals surface area (Å²) < 4.78 is 33.2. The number of carbonyl (C=O) groups excluding carboxylic acids is 1. The van der Waals surface area contributed by atoms with Crippen molar-refractivity contribution < 1.29 is 17.9 Å². The van der Waals surface area contributed by atoms with Gasteiger partial charge in [-0.2, -0.15) is 0 Å². The zero-order chi connectivity index (χ0) is 18.6. The van der Waals surface area contributed by atoms with Crippen molar-refractivity contribution in [2.24, 2.45) is 0 Å². The Bertz CT molecular complexity index is 882. The van der Waals surface area contributed by atoms with Crippen LogP contribution in [0.25, 0.3) is 0 Å². The molecule has 0 saturated heterocycles. The molecule has 2 aromatic carbocycles. The van der Waals surface area contributed by atoms with Crippen LogP contribution in [-0.4, -0.2) is 34.0 Å². The Morgan fingerprint density at radius 3 is 2.69 bits per heavy atom. The molecule has 1 aliphatic rings. The standard InChI is InChI=1S/C19H22N2O4S/c1-15(22)21-12-13-25-19-10-9-17(14-18(19)21)26(23,24)20-11-5-8-16-6-3-2-4-7-16/h2-4,6-7,9-10,14,20H,5,8,11-13H2,1H3. The average molecular weight is 374 g/mol. The van der Waals surface area contributed by atoms with E-state index < -0.39 is 10.0 Å². The van der Waals surface area contributed by atoms with E-state index in [0.29, 0.717) is 37.6 Å². The van der Waals surface area contributed by atoms with Crippen LogP contribution in [0.3, 0.4) is 0 Å². The van der Waals surface area contributed by atoms with Gasteiger partial charge in [0.25, 0.3) is 0 Å². The summed E-state index contributed by atoms with van der Waals surface area (Å²) in [7, 11) is -3.64. The summed E-state index contributed by atoms with van der Waals surface area (Å²) in [6.45, 7) is 2.62. The molecule has 26 heavy (non-hydrogen) atoms. The van der Waals surface area contributed by atoms with Crippen LogP contribution < -0.4 is 14.4 Å².